The molecular weight excluding hydrogens is 609 g/mol. The van der Waals surface area contributed by atoms with E-state index in [1.54, 1.807) is 30.5 Å². The highest BCUT2D eigenvalue weighted by molar-refractivity contribution is 7.15. The second-order valence-corrected chi connectivity index (χ2v) is 9.88. The van der Waals surface area contributed by atoms with Gasteiger partial charge < -0.3 is 20.6 Å². The van der Waals surface area contributed by atoms with Crippen molar-refractivity contribution >= 4 is 34.1 Å². The minimum Gasteiger partial charge on any atom is -0.406 e. The highest BCUT2D eigenvalue weighted by Gasteiger charge is 2.31. The first-order valence-corrected chi connectivity index (χ1v) is 13.6. The lowest BCUT2D eigenvalue weighted by Gasteiger charge is -2.10. The molecule has 4 aromatic rings. The topological polar surface area (TPSA) is 195 Å². The minimum absolute atomic E-state index is 0.153. The van der Waals surface area contributed by atoms with E-state index >= 15 is 0 Å². The van der Waals surface area contributed by atoms with E-state index in [4.69, 9.17) is 15.3 Å². The normalized spacial score (nSPS) is 10.7. The number of alkyl halides is 3. The van der Waals surface area contributed by atoms with Crippen LogP contribution in [0.25, 0.3) is 0 Å². The van der Waals surface area contributed by atoms with Gasteiger partial charge in [-0.25, -0.2) is 0 Å². The number of hydrogen-bond donors (Lipinski definition) is 3. The Bertz CT molecular complexity index is 1520. The molecule has 0 bridgehead atoms. The average Bonchev–Trinajstić information content (AvgIpc) is 3.38. The molecule has 0 aliphatic rings. The average molecular weight is 635 g/mol. The summed E-state index contributed by atoms with van der Waals surface area (Å²) in [6, 6.07) is 14.0. The Hall–Kier alpha value is -5.26. The number of benzene rings is 1. The third-order valence-electron chi connectivity index (χ3n) is 5.34. The van der Waals surface area contributed by atoms with Crippen molar-refractivity contribution in [3.63, 3.8) is 0 Å². The molecule has 0 spiro atoms. The number of anilines is 2. The van der Waals surface area contributed by atoms with E-state index in [1.165, 1.54) is 23.5 Å². The van der Waals surface area contributed by atoms with Crippen molar-refractivity contribution in [1.29, 1.82) is 0 Å². The van der Waals surface area contributed by atoms with Crippen LogP contribution in [0, 0.1) is 10.1 Å². The molecule has 0 atom stereocenters. The molecule has 2 amide bonds. The van der Waals surface area contributed by atoms with Gasteiger partial charge in [0.25, 0.3) is 5.09 Å². The van der Waals surface area contributed by atoms with Crippen molar-refractivity contribution in [3.05, 3.63) is 92.9 Å². The number of hydrogen-bond acceptors (Lipinski definition) is 11. The molecule has 0 saturated heterocycles. The third kappa shape index (κ3) is 13.1. The zero-order valence-electron chi connectivity index (χ0n) is 22.7. The van der Waals surface area contributed by atoms with E-state index in [0.717, 1.165) is 35.7 Å². The van der Waals surface area contributed by atoms with Crippen molar-refractivity contribution in [1.82, 2.24) is 25.4 Å². The Morgan fingerprint density at radius 1 is 0.909 bits per heavy atom. The number of amides is 2. The lowest BCUT2D eigenvalue weighted by atomic mass is 10.1. The lowest BCUT2D eigenvalue weighted by molar-refractivity contribution is -0.742. The summed E-state index contributed by atoms with van der Waals surface area (Å²) in [5.41, 5.74) is 1.78. The number of carbonyl (C=O) groups is 2. The van der Waals surface area contributed by atoms with E-state index in [0.29, 0.717) is 29.2 Å². The molecule has 4 rings (SSSR count). The zero-order chi connectivity index (χ0) is 32.0. The molecule has 44 heavy (non-hydrogen) atoms. The van der Waals surface area contributed by atoms with Gasteiger partial charge in [0.2, 0.25) is 16.9 Å². The number of aryl methyl sites for hydroxylation is 2. The van der Waals surface area contributed by atoms with Crippen molar-refractivity contribution in [2.75, 3.05) is 10.6 Å². The van der Waals surface area contributed by atoms with Crippen LogP contribution < -0.4 is 15.4 Å². The second kappa shape index (κ2) is 16.4. The van der Waals surface area contributed by atoms with Gasteiger partial charge in [-0.1, -0.05) is 29.5 Å². The summed E-state index contributed by atoms with van der Waals surface area (Å²) in [6.45, 7) is 0. The van der Waals surface area contributed by atoms with Crippen LogP contribution in [0.15, 0.2) is 60.8 Å². The summed E-state index contributed by atoms with van der Waals surface area (Å²) >= 11 is 1.33. The highest BCUT2D eigenvalue weighted by atomic mass is 32.1. The maximum absolute atomic E-state index is 12.4. The molecule has 0 radical (unpaired) electrons. The maximum Gasteiger partial charge on any atom is 0.573 e. The molecule has 0 fully saturated rings. The molecule has 1 aromatic carbocycles. The van der Waals surface area contributed by atoms with Crippen LogP contribution >= 0.6 is 11.3 Å². The summed E-state index contributed by atoms with van der Waals surface area (Å²) < 4.78 is 41.1. The number of halogens is 3. The van der Waals surface area contributed by atoms with Gasteiger partial charge in [0.15, 0.2) is 5.82 Å². The molecule has 0 aliphatic carbocycles. The van der Waals surface area contributed by atoms with E-state index in [2.05, 4.69) is 40.7 Å². The molecule has 18 heteroatoms. The van der Waals surface area contributed by atoms with Crippen LogP contribution in [0.5, 0.6) is 5.75 Å². The molecule has 3 heterocycles. The molecule has 0 aliphatic heterocycles. The quantitative estimate of drug-likeness (QED) is 0.115. The smallest absolute Gasteiger partial charge is 0.406 e. The number of rotatable bonds is 12. The molecular formula is C26H25F3N8O6S. The summed E-state index contributed by atoms with van der Waals surface area (Å²) in [5, 5.41) is 36.5. The minimum atomic E-state index is -4.81. The molecule has 14 nitrogen and oxygen atoms in total. The highest BCUT2D eigenvalue weighted by Crippen LogP contribution is 2.23. The summed E-state index contributed by atoms with van der Waals surface area (Å²) in [5.74, 6) is -0.806. The third-order valence-corrected chi connectivity index (χ3v) is 6.24. The van der Waals surface area contributed by atoms with Crippen molar-refractivity contribution in [3.8, 4) is 5.75 Å². The number of pyridine rings is 1. The Morgan fingerprint density at radius 3 is 2.34 bits per heavy atom. The fourth-order valence-corrected chi connectivity index (χ4v) is 4.40. The fourth-order valence-electron chi connectivity index (χ4n) is 3.60. The van der Waals surface area contributed by atoms with Crippen LogP contribution in [0.2, 0.25) is 0 Å². The van der Waals surface area contributed by atoms with Crippen molar-refractivity contribution < 1.29 is 37.8 Å². The number of unbranched alkanes of at least 4 members (excludes halogenated alkanes) is 1. The van der Waals surface area contributed by atoms with Crippen molar-refractivity contribution in [2.45, 2.75) is 44.9 Å². The van der Waals surface area contributed by atoms with Gasteiger partial charge in [-0.2, -0.15) is 5.10 Å². The van der Waals surface area contributed by atoms with Gasteiger partial charge in [0, 0.05) is 18.3 Å². The Labute approximate surface area is 251 Å². The summed E-state index contributed by atoms with van der Waals surface area (Å²) in [6.07, 6.45) is -0.152. The first-order valence-electron chi connectivity index (χ1n) is 12.8. The lowest BCUT2D eigenvalue weighted by Crippen LogP contribution is -2.18. The summed E-state index contributed by atoms with van der Waals surface area (Å²) in [4.78, 5) is 36.9. The van der Waals surface area contributed by atoms with E-state index in [9.17, 15) is 22.8 Å². The van der Waals surface area contributed by atoms with Gasteiger partial charge in [-0.15, -0.1) is 38.6 Å². The number of carbonyl (C=O) groups excluding carboxylic acids is 2. The molecule has 3 N–H and O–H groups in total. The predicted molar refractivity (Wildman–Crippen MR) is 149 cm³/mol. The van der Waals surface area contributed by atoms with Crippen LogP contribution in [-0.2, 0) is 35.3 Å². The monoisotopic (exact) mass is 634 g/mol. The standard InChI is InChI=1S/C26H24F3N7O3S.HNO3/c27-26(28,29)39-20-9-5-6-17(14-20)15-22(37)31-21-12-11-18(33-34-21)7-1-2-10-24-35-36-25(40-24)32-23(38)16-19-8-3-4-13-30-19;2-1(3)4/h3-6,8-9,11-14H,1-2,7,10,15-16H2,(H,31,34,37)(H,32,36,38);(H,2,3,4). The Kier molecular flexibility index (Phi) is 12.4. The predicted octanol–water partition coefficient (Wildman–Crippen LogP) is 4.20. The van der Waals surface area contributed by atoms with Gasteiger partial charge in [0.1, 0.15) is 10.8 Å². The fraction of sp³-hybridized carbons (Fsp3) is 0.269. The first-order chi connectivity index (χ1) is 20.9. The maximum atomic E-state index is 12.4. The van der Waals surface area contributed by atoms with Crippen LogP contribution in [0.3, 0.4) is 0 Å². The Morgan fingerprint density at radius 2 is 1.66 bits per heavy atom. The molecule has 3 aromatic heterocycles. The van der Waals surface area contributed by atoms with E-state index < -0.39 is 23.1 Å². The molecule has 232 valence electrons. The molecule has 0 unspecified atom stereocenters. The van der Waals surface area contributed by atoms with Gasteiger partial charge in [-0.05, 0) is 61.2 Å². The van der Waals surface area contributed by atoms with E-state index in [1.807, 2.05) is 6.07 Å². The number of aromatic nitrogens is 5. The molecule has 0 saturated carbocycles. The SMILES string of the molecule is O=C(Cc1cccc(OC(F)(F)F)c1)Nc1ccc(CCCCc2nnc(NC(=O)Cc3ccccn3)s2)nn1.O=[N+]([O-])O. The first kappa shape index (κ1) is 33.2. The Balaban J connectivity index is 0.00000124. The van der Waals surface area contributed by atoms with Gasteiger partial charge in [-0.3, -0.25) is 14.6 Å². The van der Waals surface area contributed by atoms with E-state index in [-0.39, 0.29) is 24.6 Å². The number of nitrogens with one attached hydrogen (secondary N) is 2. The second-order valence-electron chi connectivity index (χ2n) is 8.82. The van der Waals surface area contributed by atoms with Crippen LogP contribution in [0.1, 0.15) is 34.8 Å². The van der Waals surface area contributed by atoms with Gasteiger partial charge >= 0.3 is 6.36 Å². The van der Waals surface area contributed by atoms with Crippen LogP contribution in [-0.4, -0.2) is 53.8 Å². The van der Waals surface area contributed by atoms with Crippen molar-refractivity contribution in [2.24, 2.45) is 0 Å². The van der Waals surface area contributed by atoms with Gasteiger partial charge in [0.05, 0.1) is 18.5 Å². The number of ether oxygens (including phenoxy) is 1. The van der Waals surface area contributed by atoms with Crippen LogP contribution in [0.4, 0.5) is 24.1 Å². The number of nitrogens with zero attached hydrogens (tertiary/aromatic N) is 6. The zero-order valence-corrected chi connectivity index (χ0v) is 23.5. The summed E-state index contributed by atoms with van der Waals surface area (Å²) in [7, 11) is 0. The largest absolute Gasteiger partial charge is 0.573 e.